The number of ether oxygens (including phenoxy) is 3. The van der Waals surface area contributed by atoms with E-state index in [4.69, 9.17) is 18.4 Å². The third kappa shape index (κ3) is 18.3. The Morgan fingerprint density at radius 3 is 1.85 bits per heavy atom. The van der Waals surface area contributed by atoms with Gasteiger partial charge in [-0.3, -0.25) is 29.0 Å². The number of amides is 4. The lowest BCUT2D eigenvalue weighted by atomic mass is 10.0. The van der Waals surface area contributed by atoms with Crippen molar-refractivity contribution in [3.8, 4) is 5.75 Å². The van der Waals surface area contributed by atoms with Crippen LogP contribution in [0.5, 0.6) is 5.75 Å². The molecule has 4 aromatic rings. The Bertz CT molecular complexity index is 2450. The number of hydrogen-bond donors (Lipinski definition) is 4. The number of fused-ring (bicyclic) bond motifs is 1. The molecule has 0 aliphatic carbocycles. The lowest BCUT2D eigenvalue weighted by Gasteiger charge is -2.28. The first-order valence-corrected chi connectivity index (χ1v) is 22.8. The number of nitrogens with zero attached hydrogens (tertiary/aromatic N) is 1. The quantitative estimate of drug-likeness (QED) is 0.0483. The lowest BCUT2D eigenvalue weighted by molar-refractivity contribution is -0.157. The van der Waals surface area contributed by atoms with Crippen molar-refractivity contribution in [1.29, 1.82) is 0 Å². The number of alkyl carbamates (subject to hydrolysis) is 1. The minimum atomic E-state index is -4.37. The van der Waals surface area contributed by atoms with E-state index >= 15 is 0 Å². The molecule has 0 saturated carbocycles. The van der Waals surface area contributed by atoms with Gasteiger partial charge in [-0.25, -0.2) is 4.79 Å². The third-order valence-electron chi connectivity index (χ3n) is 9.13. The summed E-state index contributed by atoms with van der Waals surface area (Å²) in [7, 11) is -4.37. The zero-order valence-corrected chi connectivity index (χ0v) is 39.2. The molecule has 0 fully saturated rings. The van der Waals surface area contributed by atoms with Gasteiger partial charge in [-0.15, -0.1) is 0 Å². The predicted molar refractivity (Wildman–Crippen MR) is 246 cm³/mol. The second-order valence-corrected chi connectivity index (χ2v) is 19.1. The number of hydrogen-bond acceptors (Lipinski definition) is 13. The van der Waals surface area contributed by atoms with E-state index in [0.717, 1.165) is 11.5 Å². The molecule has 4 rings (SSSR count). The Morgan fingerprint density at radius 1 is 0.652 bits per heavy atom. The number of para-hydroxylation sites is 2. The molecule has 4 N–H and O–H groups in total. The van der Waals surface area contributed by atoms with Crippen LogP contribution in [0, 0.1) is 5.92 Å². The molecule has 0 bridgehead atoms. The van der Waals surface area contributed by atoms with Gasteiger partial charge < -0.3 is 39.7 Å². The maximum atomic E-state index is 14.4. The molecule has 354 valence electrons. The van der Waals surface area contributed by atoms with E-state index in [1.54, 1.807) is 128 Å². The molecule has 2 unspecified atom stereocenters. The number of carbonyl (C=O) groups excluding carboxylic acids is 6. The van der Waals surface area contributed by atoms with Crippen molar-refractivity contribution < 1.29 is 55.6 Å². The predicted octanol–water partition coefficient (Wildman–Crippen LogP) is 5.57. The first kappa shape index (κ1) is 51.8. The topological polar surface area (TPSA) is 234 Å². The van der Waals surface area contributed by atoms with Crippen LogP contribution in [-0.4, -0.2) is 84.5 Å². The molecule has 0 aliphatic rings. The first-order valence-electron chi connectivity index (χ1n) is 21.3. The van der Waals surface area contributed by atoms with Crippen LogP contribution in [0.3, 0.4) is 0 Å². The molecule has 1 aromatic heterocycles. The van der Waals surface area contributed by atoms with Gasteiger partial charge in [0.05, 0.1) is 29.8 Å². The molecule has 0 spiro atoms. The fraction of sp³-hybridized carbons (Fsp3) is 0.396. The molecule has 0 radical (unpaired) electrons. The summed E-state index contributed by atoms with van der Waals surface area (Å²) in [6, 6.07) is 21.6. The number of aromatic nitrogens is 1. The highest BCUT2D eigenvalue weighted by Crippen LogP contribution is 2.17. The molecule has 0 saturated heterocycles. The van der Waals surface area contributed by atoms with Crippen LogP contribution in [-0.2, 0) is 61.3 Å². The van der Waals surface area contributed by atoms with E-state index in [9.17, 15) is 37.2 Å². The van der Waals surface area contributed by atoms with E-state index in [2.05, 4.69) is 26.3 Å². The van der Waals surface area contributed by atoms with Gasteiger partial charge in [0.1, 0.15) is 41.7 Å². The van der Waals surface area contributed by atoms with Crippen LogP contribution in [0.4, 0.5) is 4.79 Å². The summed E-state index contributed by atoms with van der Waals surface area (Å²) in [5, 5.41) is 11.9. The molecule has 66 heavy (non-hydrogen) atoms. The maximum absolute atomic E-state index is 14.4. The summed E-state index contributed by atoms with van der Waals surface area (Å²) in [6.45, 7) is 13.0. The summed E-state index contributed by atoms with van der Waals surface area (Å²) in [5.74, 6) is -4.77. The highest BCUT2D eigenvalue weighted by molar-refractivity contribution is 7.90. The summed E-state index contributed by atoms with van der Waals surface area (Å²) < 4.78 is 47.2. The van der Waals surface area contributed by atoms with E-state index in [1.807, 2.05) is 12.1 Å². The monoisotopic (exact) mass is 929 g/mol. The third-order valence-corrected chi connectivity index (χ3v) is 10.0. The Morgan fingerprint density at radius 2 is 1.23 bits per heavy atom. The summed E-state index contributed by atoms with van der Waals surface area (Å²) in [4.78, 5) is 86.4. The van der Waals surface area contributed by atoms with E-state index in [0.29, 0.717) is 22.2 Å². The van der Waals surface area contributed by atoms with Gasteiger partial charge >= 0.3 is 28.1 Å². The Labute approximate surface area is 385 Å². The Hall–Kier alpha value is -6.82. The fourth-order valence-electron chi connectivity index (χ4n) is 6.20. The van der Waals surface area contributed by atoms with Gasteiger partial charge in [0, 0.05) is 17.5 Å². The normalized spacial score (nSPS) is 13.7. The first-order chi connectivity index (χ1) is 30.9. The van der Waals surface area contributed by atoms with Crippen molar-refractivity contribution in [2.75, 3.05) is 0 Å². The Balaban J connectivity index is 1.62. The van der Waals surface area contributed by atoms with Crippen LogP contribution in [0.1, 0.15) is 79.5 Å². The zero-order chi connectivity index (χ0) is 48.7. The molecule has 0 aliphatic heterocycles. The number of benzene rings is 3. The van der Waals surface area contributed by atoms with Crippen molar-refractivity contribution in [2.45, 2.75) is 117 Å². The largest absolute Gasteiger partial charge is 0.460 e. The molecule has 1 heterocycles. The summed E-state index contributed by atoms with van der Waals surface area (Å²) >= 11 is 0. The zero-order valence-electron chi connectivity index (χ0n) is 38.4. The highest BCUT2D eigenvalue weighted by atomic mass is 32.2. The van der Waals surface area contributed by atoms with Crippen molar-refractivity contribution in [2.24, 2.45) is 5.92 Å². The minimum Gasteiger partial charge on any atom is -0.460 e. The van der Waals surface area contributed by atoms with Crippen LogP contribution in [0.2, 0.25) is 0 Å². The summed E-state index contributed by atoms with van der Waals surface area (Å²) in [5.41, 5.74) is -0.200. The lowest BCUT2D eigenvalue weighted by Crippen LogP contribution is -2.59. The standard InChI is InChI=1S/C48H59N5O12S/c1-31(2)42(45(58)50-35(28-40(54)63-47(3,4)5)25-26-66(60,61)65-36-20-13-10-14-21-36)53-44(57)38(27-34-24-23-33-19-15-16-22-37(33)49-34)51-43(56)39(29-41(55)64-48(6,7)8)52-46(59)62-30-32-17-11-9-12-18-32/h9-26,31,35,38-39,42H,27-30H2,1-8H3,(H,50,58)(H,51,56)(H,52,59)(H,53,57)/b26-25+/t35?,38?,39-,42-/m0/s1. The van der Waals surface area contributed by atoms with Crippen molar-refractivity contribution >= 4 is 56.8 Å². The number of pyridine rings is 1. The van der Waals surface area contributed by atoms with Gasteiger partial charge in [0.25, 0.3) is 0 Å². The van der Waals surface area contributed by atoms with E-state index in [-0.39, 0.29) is 18.8 Å². The van der Waals surface area contributed by atoms with Gasteiger partial charge in [-0.1, -0.05) is 86.6 Å². The van der Waals surface area contributed by atoms with Crippen LogP contribution in [0.15, 0.2) is 109 Å². The number of nitrogens with one attached hydrogen (secondary N) is 4. The van der Waals surface area contributed by atoms with Crippen LogP contribution in [0.25, 0.3) is 10.9 Å². The smallest absolute Gasteiger partial charge is 0.408 e. The van der Waals surface area contributed by atoms with Crippen LogP contribution < -0.4 is 25.5 Å². The molecule has 17 nitrogen and oxygen atoms in total. The van der Waals surface area contributed by atoms with Crippen molar-refractivity contribution in [3.63, 3.8) is 0 Å². The second kappa shape index (κ2) is 23.4. The molecule has 4 amide bonds. The van der Waals surface area contributed by atoms with Gasteiger partial charge in [-0.05, 0) is 83.4 Å². The SMILES string of the molecule is CC(C)[C@H](NC(=O)C(Cc1ccc2ccccc2n1)NC(=O)[C@H](CC(=O)OC(C)(C)C)NC(=O)OCc1ccccc1)C(=O)NC(/C=C/S(=O)(=O)Oc1ccccc1)CC(=O)OC(C)(C)C. The van der Waals surface area contributed by atoms with Gasteiger partial charge in [0.2, 0.25) is 17.7 Å². The van der Waals surface area contributed by atoms with Gasteiger partial charge in [0.15, 0.2) is 0 Å². The molecular formula is C48H59N5O12S. The molecule has 3 aromatic carbocycles. The highest BCUT2D eigenvalue weighted by Gasteiger charge is 2.34. The van der Waals surface area contributed by atoms with Gasteiger partial charge in [-0.2, -0.15) is 8.42 Å². The molecular weight excluding hydrogens is 871 g/mol. The van der Waals surface area contributed by atoms with E-state index < -0.39 is 100 Å². The average molecular weight is 930 g/mol. The molecule has 4 atom stereocenters. The van der Waals surface area contributed by atoms with Crippen molar-refractivity contribution in [3.05, 3.63) is 120 Å². The fourth-order valence-corrected chi connectivity index (χ4v) is 7.02. The Kier molecular flexibility index (Phi) is 18.4. The minimum absolute atomic E-state index is 0.0351. The second-order valence-electron chi connectivity index (χ2n) is 17.7. The number of carbonyl (C=O) groups is 6. The van der Waals surface area contributed by atoms with E-state index in [1.165, 1.54) is 12.1 Å². The number of rotatable bonds is 20. The maximum Gasteiger partial charge on any atom is 0.408 e. The number of esters is 2. The van der Waals surface area contributed by atoms with Crippen molar-refractivity contribution in [1.82, 2.24) is 26.3 Å². The molecule has 18 heteroatoms. The summed E-state index contributed by atoms with van der Waals surface area (Å²) in [6.07, 6.45) is -1.30. The van der Waals surface area contributed by atoms with Crippen LogP contribution >= 0.6 is 0 Å². The average Bonchev–Trinajstić information content (AvgIpc) is 3.22.